The van der Waals surface area contributed by atoms with Gasteiger partial charge in [0.05, 0.1) is 19.1 Å². The number of methoxy groups -OCH3 is 1. The first kappa shape index (κ1) is 25.5. The molecular weight excluding hydrogens is 580 g/mol. The molecule has 4 aromatic carbocycles. The maximum Gasteiger partial charge on any atom is 0.238 e. The molecule has 7 heteroatoms. The van der Waals surface area contributed by atoms with Crippen LogP contribution in [0.2, 0.25) is 0 Å². The van der Waals surface area contributed by atoms with Gasteiger partial charge in [0.25, 0.3) is 0 Å². The highest BCUT2D eigenvalue weighted by Crippen LogP contribution is 2.58. The fraction of sp³-hybridized carbons (Fsp3) is 0.147. The minimum atomic E-state index is -1.35. The van der Waals surface area contributed by atoms with Crippen LogP contribution in [-0.4, -0.2) is 36.7 Å². The average molecular weight is 605 g/mol. The van der Waals surface area contributed by atoms with Gasteiger partial charge in [0, 0.05) is 27.0 Å². The first-order valence-electron chi connectivity index (χ1n) is 13.4. The molecule has 1 N–H and O–H groups in total. The van der Waals surface area contributed by atoms with Crippen LogP contribution in [0.15, 0.2) is 108 Å². The number of rotatable bonds is 5. The average Bonchev–Trinajstić information content (AvgIpc) is 3.49. The smallest absolute Gasteiger partial charge is 0.238 e. The van der Waals surface area contributed by atoms with Gasteiger partial charge in [-0.05, 0) is 47.5 Å². The van der Waals surface area contributed by atoms with Crippen LogP contribution >= 0.6 is 15.9 Å². The minimum absolute atomic E-state index is 0.220. The zero-order valence-corrected chi connectivity index (χ0v) is 23.7. The van der Waals surface area contributed by atoms with Crippen LogP contribution in [0.3, 0.4) is 0 Å². The lowest BCUT2D eigenvalue weighted by Crippen LogP contribution is -2.51. The number of carbonyl (C=O) groups is 3. The number of anilines is 2. The van der Waals surface area contributed by atoms with Crippen LogP contribution in [0, 0.1) is 5.92 Å². The van der Waals surface area contributed by atoms with Crippen molar-refractivity contribution in [3.63, 3.8) is 0 Å². The number of Topliss-reactive ketones (excluding diaryl/α,β-unsaturated/α-hetero) is 2. The van der Waals surface area contributed by atoms with Crippen molar-refractivity contribution < 1.29 is 19.1 Å². The summed E-state index contributed by atoms with van der Waals surface area (Å²) in [5, 5.41) is 3.06. The summed E-state index contributed by atoms with van der Waals surface area (Å²) in [4.78, 5) is 45.9. The van der Waals surface area contributed by atoms with Gasteiger partial charge in [0.1, 0.15) is 17.2 Å². The van der Waals surface area contributed by atoms with E-state index in [-0.39, 0.29) is 17.5 Å². The molecular formula is C34H25BrN2O4. The minimum Gasteiger partial charge on any atom is -0.497 e. The van der Waals surface area contributed by atoms with Gasteiger partial charge >= 0.3 is 0 Å². The van der Waals surface area contributed by atoms with E-state index in [1.54, 1.807) is 43.5 Å². The lowest BCUT2D eigenvalue weighted by Gasteiger charge is -2.37. The second-order valence-electron chi connectivity index (χ2n) is 10.5. The van der Waals surface area contributed by atoms with Gasteiger partial charge < -0.3 is 15.0 Å². The largest absolute Gasteiger partial charge is 0.497 e. The first-order valence-corrected chi connectivity index (χ1v) is 14.2. The molecule has 3 aliphatic rings. The Kier molecular flexibility index (Phi) is 5.94. The Morgan fingerprint density at radius 2 is 1.63 bits per heavy atom. The number of ether oxygens (including phenoxy) is 1. The Hall–Kier alpha value is -4.49. The van der Waals surface area contributed by atoms with Gasteiger partial charge in [-0.2, -0.15) is 0 Å². The highest BCUT2D eigenvalue weighted by atomic mass is 79.9. The molecule has 3 aliphatic heterocycles. The highest BCUT2D eigenvalue weighted by Gasteiger charge is 2.70. The van der Waals surface area contributed by atoms with Gasteiger partial charge in [0.15, 0.2) is 11.6 Å². The molecule has 0 saturated carbocycles. The normalized spacial score (nSPS) is 23.5. The molecule has 41 heavy (non-hydrogen) atoms. The van der Waals surface area contributed by atoms with Crippen LogP contribution in [0.1, 0.15) is 31.8 Å². The number of nitrogens with one attached hydrogen (secondary N) is 1. The van der Waals surface area contributed by atoms with Crippen molar-refractivity contribution >= 4 is 50.9 Å². The van der Waals surface area contributed by atoms with E-state index in [2.05, 4.69) is 21.2 Å². The van der Waals surface area contributed by atoms with Gasteiger partial charge in [-0.25, -0.2) is 0 Å². The van der Waals surface area contributed by atoms with E-state index in [0.717, 1.165) is 21.3 Å². The number of hydrogen-bond donors (Lipinski definition) is 1. The fourth-order valence-electron chi connectivity index (χ4n) is 6.86. The van der Waals surface area contributed by atoms with E-state index in [4.69, 9.17) is 4.74 Å². The number of nitrogens with zero attached hydrogens (tertiary/aromatic N) is 1. The maximum absolute atomic E-state index is 14.8. The van der Waals surface area contributed by atoms with Crippen molar-refractivity contribution in [2.45, 2.75) is 17.5 Å². The molecule has 4 atom stereocenters. The quantitative estimate of drug-likeness (QED) is 0.270. The molecule has 0 aliphatic carbocycles. The van der Waals surface area contributed by atoms with Crippen LogP contribution in [0.25, 0.3) is 6.08 Å². The number of halogens is 1. The second kappa shape index (κ2) is 9.56. The number of amides is 1. The summed E-state index contributed by atoms with van der Waals surface area (Å²) in [6.07, 6.45) is 3.97. The summed E-state index contributed by atoms with van der Waals surface area (Å²) in [7, 11) is 1.54. The Labute approximate surface area is 245 Å². The molecule has 4 aromatic rings. The molecule has 0 bridgehead atoms. The highest BCUT2D eigenvalue weighted by molar-refractivity contribution is 9.10. The van der Waals surface area contributed by atoms with E-state index in [9.17, 15) is 14.4 Å². The summed E-state index contributed by atoms with van der Waals surface area (Å²) in [5.74, 6) is -1.30. The van der Waals surface area contributed by atoms with Crippen molar-refractivity contribution in [2.24, 2.45) is 5.92 Å². The zero-order valence-electron chi connectivity index (χ0n) is 22.1. The summed E-state index contributed by atoms with van der Waals surface area (Å²) >= 11 is 3.46. The van der Waals surface area contributed by atoms with Crippen molar-refractivity contribution in [2.75, 3.05) is 17.3 Å². The Bertz CT molecular complexity index is 1760. The maximum atomic E-state index is 14.8. The predicted molar refractivity (Wildman–Crippen MR) is 162 cm³/mol. The molecule has 1 fully saturated rings. The lowest BCUT2D eigenvalue weighted by atomic mass is 9.64. The molecule has 1 amide bonds. The Morgan fingerprint density at radius 3 is 2.44 bits per heavy atom. The topological polar surface area (TPSA) is 75.7 Å². The SMILES string of the molecule is COc1cccc(C(=O)[C@@H]2[C@H](C(=O)c3ccc(Br)cc3)N3c4ccccc4C=C[C@@H]3[C@@]23C(=O)Nc2ccccc23)c1. The van der Waals surface area contributed by atoms with E-state index in [1.807, 2.05) is 77.7 Å². The number of hydrogen-bond acceptors (Lipinski definition) is 5. The second-order valence-corrected chi connectivity index (χ2v) is 11.4. The number of ketones is 2. The molecule has 6 nitrogen and oxygen atoms in total. The Morgan fingerprint density at radius 1 is 0.878 bits per heavy atom. The Balaban J connectivity index is 1.53. The van der Waals surface area contributed by atoms with Crippen molar-refractivity contribution in [1.29, 1.82) is 0 Å². The van der Waals surface area contributed by atoms with Crippen LogP contribution in [0.5, 0.6) is 5.75 Å². The molecule has 0 unspecified atom stereocenters. The first-order chi connectivity index (χ1) is 19.9. The van der Waals surface area contributed by atoms with Gasteiger partial charge in [-0.1, -0.05) is 88.7 Å². The number of benzene rings is 4. The van der Waals surface area contributed by atoms with Gasteiger partial charge in [0.2, 0.25) is 5.91 Å². The number of fused-ring (bicyclic) bond motifs is 6. The summed E-state index contributed by atoms with van der Waals surface area (Å²) in [6.45, 7) is 0. The predicted octanol–water partition coefficient (Wildman–Crippen LogP) is 6.31. The molecule has 1 spiro atoms. The molecule has 202 valence electrons. The summed E-state index contributed by atoms with van der Waals surface area (Å²) in [6, 6.07) is 27.8. The van der Waals surface area contributed by atoms with E-state index >= 15 is 0 Å². The fourth-order valence-corrected chi connectivity index (χ4v) is 7.12. The van der Waals surface area contributed by atoms with E-state index in [0.29, 0.717) is 22.6 Å². The van der Waals surface area contributed by atoms with Crippen molar-refractivity contribution in [1.82, 2.24) is 0 Å². The van der Waals surface area contributed by atoms with Crippen LogP contribution < -0.4 is 15.0 Å². The van der Waals surface area contributed by atoms with E-state index in [1.165, 1.54) is 0 Å². The third-order valence-electron chi connectivity index (χ3n) is 8.58. The zero-order chi connectivity index (χ0) is 28.3. The van der Waals surface area contributed by atoms with Gasteiger partial charge in [-0.3, -0.25) is 14.4 Å². The molecule has 0 radical (unpaired) electrons. The molecule has 7 rings (SSSR count). The molecule has 1 saturated heterocycles. The third-order valence-corrected chi connectivity index (χ3v) is 9.10. The summed E-state index contributed by atoms with van der Waals surface area (Å²) < 4.78 is 6.28. The molecule has 3 heterocycles. The van der Waals surface area contributed by atoms with Gasteiger partial charge in [-0.15, -0.1) is 0 Å². The van der Waals surface area contributed by atoms with Crippen LogP contribution in [-0.2, 0) is 10.2 Å². The molecule has 0 aromatic heterocycles. The van der Waals surface area contributed by atoms with E-state index < -0.39 is 23.4 Å². The monoisotopic (exact) mass is 604 g/mol. The lowest BCUT2D eigenvalue weighted by molar-refractivity contribution is -0.121. The standard InChI is InChI=1S/C34H25BrN2O4/c1-41-24-9-6-8-22(19-24)31(38)29-30(32(39)21-13-16-23(35)17-14-21)37-27-12-5-2-7-20(27)15-18-28(37)34(29)25-10-3-4-11-26(25)36-33(34)40/h2-19,28-30H,1H3,(H,36,40)/t28-,29+,30-,34-/m1/s1. The number of para-hydroxylation sites is 2. The van der Waals surface area contributed by atoms with Crippen molar-refractivity contribution in [3.8, 4) is 5.75 Å². The van der Waals surface area contributed by atoms with Crippen LogP contribution in [0.4, 0.5) is 11.4 Å². The number of carbonyl (C=O) groups excluding carboxylic acids is 3. The van der Waals surface area contributed by atoms with Crippen molar-refractivity contribution in [3.05, 3.63) is 130 Å². The summed E-state index contributed by atoms with van der Waals surface area (Å²) in [5.41, 5.74) is 2.62. The third kappa shape index (κ3) is 3.65.